The van der Waals surface area contributed by atoms with Crippen molar-refractivity contribution in [3.63, 3.8) is 0 Å². The van der Waals surface area contributed by atoms with Gasteiger partial charge in [0.1, 0.15) is 5.75 Å². The third kappa shape index (κ3) is 4.77. The van der Waals surface area contributed by atoms with Gasteiger partial charge in [-0.3, -0.25) is 4.79 Å². The van der Waals surface area contributed by atoms with Crippen molar-refractivity contribution in [2.24, 2.45) is 0 Å². The van der Waals surface area contributed by atoms with Crippen LogP contribution in [0.1, 0.15) is 19.4 Å². The largest absolute Gasteiger partial charge is 0.481 e. The molecule has 1 heterocycles. The molecule has 2 unspecified atom stereocenters. The fourth-order valence-corrected chi connectivity index (χ4v) is 2.45. The molecule has 4 nitrogen and oxygen atoms in total. The van der Waals surface area contributed by atoms with Gasteiger partial charge in [-0.2, -0.15) is 0 Å². The first kappa shape index (κ1) is 18.1. The minimum atomic E-state index is -0.485. The van der Waals surface area contributed by atoms with Crippen LogP contribution in [-0.2, 0) is 4.79 Å². The second kappa shape index (κ2) is 7.87. The van der Waals surface area contributed by atoms with E-state index in [0.717, 1.165) is 25.2 Å². The molecule has 1 aromatic rings. The van der Waals surface area contributed by atoms with Crippen LogP contribution in [0.4, 0.5) is 0 Å². The molecular weight excluding hydrogens is 311 g/mol. The molecule has 0 spiro atoms. The minimum absolute atomic E-state index is 0. The number of rotatable bonds is 3. The Kier molecular flexibility index (Phi) is 6.78. The summed E-state index contributed by atoms with van der Waals surface area (Å²) in [5, 5.41) is 4.02. The van der Waals surface area contributed by atoms with Crippen LogP contribution in [0.5, 0.6) is 5.75 Å². The molecule has 6 heteroatoms. The first-order valence-corrected chi connectivity index (χ1v) is 7.30. The van der Waals surface area contributed by atoms with Gasteiger partial charge in [0.25, 0.3) is 5.91 Å². The van der Waals surface area contributed by atoms with E-state index in [4.69, 9.17) is 16.3 Å². The number of piperazine rings is 1. The quantitative estimate of drug-likeness (QED) is 0.925. The van der Waals surface area contributed by atoms with Gasteiger partial charge in [0.15, 0.2) is 6.10 Å². The summed E-state index contributed by atoms with van der Waals surface area (Å²) in [7, 11) is 0. The summed E-state index contributed by atoms with van der Waals surface area (Å²) in [6.45, 7) is 8.08. The van der Waals surface area contributed by atoms with E-state index in [1.54, 1.807) is 19.1 Å². The molecule has 1 aliphatic rings. The fraction of sp³-hybridized carbons (Fsp3) is 0.533. The molecule has 1 fully saturated rings. The number of carbonyl (C=O) groups is 1. The molecule has 0 aromatic heterocycles. The standard InChI is InChI=1S/C15H21ClN2O2.ClH/c1-10-8-13(4-5-14(10)16)20-12(3)15(19)18-7-6-17-11(2)9-18;/h4-5,8,11-12,17H,6-7,9H2,1-3H3;1H. The second-order valence-electron chi connectivity index (χ2n) is 5.31. The third-order valence-corrected chi connectivity index (χ3v) is 3.89. The van der Waals surface area contributed by atoms with E-state index in [1.165, 1.54) is 0 Å². The van der Waals surface area contributed by atoms with E-state index in [2.05, 4.69) is 12.2 Å². The second-order valence-corrected chi connectivity index (χ2v) is 5.72. The number of ether oxygens (including phenoxy) is 1. The van der Waals surface area contributed by atoms with Crippen molar-refractivity contribution in [1.82, 2.24) is 10.2 Å². The zero-order chi connectivity index (χ0) is 14.7. The van der Waals surface area contributed by atoms with E-state index in [1.807, 2.05) is 17.9 Å². The fourth-order valence-electron chi connectivity index (χ4n) is 2.33. The zero-order valence-electron chi connectivity index (χ0n) is 12.6. The van der Waals surface area contributed by atoms with E-state index in [0.29, 0.717) is 16.8 Å². The van der Waals surface area contributed by atoms with Gasteiger partial charge in [0.2, 0.25) is 0 Å². The van der Waals surface area contributed by atoms with Gasteiger partial charge < -0.3 is 15.0 Å². The molecule has 0 radical (unpaired) electrons. The molecule has 21 heavy (non-hydrogen) atoms. The first-order chi connectivity index (χ1) is 9.47. The van der Waals surface area contributed by atoms with E-state index < -0.39 is 6.10 Å². The van der Waals surface area contributed by atoms with Crippen LogP contribution in [0, 0.1) is 6.92 Å². The lowest BCUT2D eigenvalue weighted by atomic mass is 10.2. The molecule has 1 aliphatic heterocycles. The van der Waals surface area contributed by atoms with Crippen LogP contribution < -0.4 is 10.1 Å². The lowest BCUT2D eigenvalue weighted by molar-refractivity contribution is -0.139. The number of hydrogen-bond acceptors (Lipinski definition) is 3. The summed E-state index contributed by atoms with van der Waals surface area (Å²) in [6.07, 6.45) is -0.485. The Morgan fingerprint density at radius 3 is 2.86 bits per heavy atom. The van der Waals surface area contributed by atoms with Crippen molar-refractivity contribution >= 4 is 29.9 Å². The lowest BCUT2D eigenvalue weighted by Crippen LogP contribution is -2.54. The van der Waals surface area contributed by atoms with Crippen LogP contribution in [0.3, 0.4) is 0 Å². The smallest absolute Gasteiger partial charge is 0.263 e. The van der Waals surface area contributed by atoms with Crippen LogP contribution in [-0.4, -0.2) is 42.6 Å². The van der Waals surface area contributed by atoms with Gasteiger partial charge in [-0.25, -0.2) is 0 Å². The predicted octanol–water partition coefficient (Wildman–Crippen LogP) is 2.66. The topological polar surface area (TPSA) is 41.6 Å². The maximum atomic E-state index is 12.3. The molecule has 0 aliphatic carbocycles. The van der Waals surface area contributed by atoms with Gasteiger partial charge in [-0.1, -0.05) is 11.6 Å². The number of hydrogen-bond donors (Lipinski definition) is 1. The molecule has 1 aromatic carbocycles. The Balaban J connectivity index is 0.00000220. The van der Waals surface area contributed by atoms with Gasteiger partial charge in [-0.15, -0.1) is 12.4 Å². The third-order valence-electron chi connectivity index (χ3n) is 3.47. The van der Waals surface area contributed by atoms with Crippen molar-refractivity contribution in [3.05, 3.63) is 28.8 Å². The van der Waals surface area contributed by atoms with Crippen molar-refractivity contribution < 1.29 is 9.53 Å². The molecule has 0 saturated carbocycles. The number of amides is 1. The highest BCUT2D eigenvalue weighted by Gasteiger charge is 2.25. The molecule has 2 atom stereocenters. The van der Waals surface area contributed by atoms with Crippen molar-refractivity contribution in [2.75, 3.05) is 19.6 Å². The Hall–Kier alpha value is -0.970. The Bertz CT molecular complexity index is 497. The van der Waals surface area contributed by atoms with Gasteiger partial charge >= 0.3 is 0 Å². The molecule has 2 rings (SSSR count). The Morgan fingerprint density at radius 1 is 1.52 bits per heavy atom. The van der Waals surface area contributed by atoms with E-state index in [-0.39, 0.29) is 18.3 Å². The predicted molar refractivity (Wildman–Crippen MR) is 87.6 cm³/mol. The molecule has 118 valence electrons. The average Bonchev–Trinajstić information content (AvgIpc) is 2.42. The van der Waals surface area contributed by atoms with Gasteiger partial charge in [-0.05, 0) is 44.5 Å². The Labute approximate surface area is 137 Å². The van der Waals surface area contributed by atoms with Crippen molar-refractivity contribution in [3.8, 4) is 5.75 Å². The molecule has 0 bridgehead atoms. The van der Waals surface area contributed by atoms with Crippen LogP contribution in [0.25, 0.3) is 0 Å². The number of nitrogens with zero attached hydrogens (tertiary/aromatic N) is 1. The summed E-state index contributed by atoms with van der Waals surface area (Å²) in [4.78, 5) is 14.2. The maximum Gasteiger partial charge on any atom is 0.263 e. The highest BCUT2D eigenvalue weighted by molar-refractivity contribution is 6.31. The summed E-state index contributed by atoms with van der Waals surface area (Å²) in [6, 6.07) is 5.76. The number of halogens is 2. The van der Waals surface area contributed by atoms with Crippen LogP contribution in [0.15, 0.2) is 18.2 Å². The molecule has 1 N–H and O–H groups in total. The van der Waals surface area contributed by atoms with Crippen molar-refractivity contribution in [2.45, 2.75) is 32.9 Å². The SMILES string of the molecule is Cc1cc(OC(C)C(=O)N2CCNC(C)C2)ccc1Cl.Cl. The van der Waals surface area contributed by atoms with E-state index in [9.17, 15) is 4.79 Å². The summed E-state index contributed by atoms with van der Waals surface area (Å²) in [5.41, 5.74) is 0.944. The average molecular weight is 333 g/mol. The Morgan fingerprint density at radius 2 is 2.24 bits per heavy atom. The normalized spacial score (nSPS) is 19.6. The monoisotopic (exact) mass is 332 g/mol. The maximum absolute atomic E-state index is 12.3. The lowest BCUT2D eigenvalue weighted by Gasteiger charge is -2.33. The number of aryl methyl sites for hydroxylation is 1. The number of carbonyl (C=O) groups excluding carboxylic acids is 1. The highest BCUT2D eigenvalue weighted by atomic mass is 35.5. The van der Waals surface area contributed by atoms with Crippen molar-refractivity contribution in [1.29, 1.82) is 0 Å². The molecule has 1 saturated heterocycles. The summed E-state index contributed by atoms with van der Waals surface area (Å²) >= 11 is 5.98. The van der Waals surface area contributed by atoms with E-state index >= 15 is 0 Å². The molecular formula is C15H22Cl2N2O2. The number of benzene rings is 1. The molecule has 1 amide bonds. The van der Waals surface area contributed by atoms with Crippen LogP contribution >= 0.6 is 24.0 Å². The minimum Gasteiger partial charge on any atom is -0.481 e. The zero-order valence-corrected chi connectivity index (χ0v) is 14.1. The van der Waals surface area contributed by atoms with Gasteiger partial charge in [0, 0.05) is 30.7 Å². The summed E-state index contributed by atoms with van der Waals surface area (Å²) in [5.74, 6) is 0.710. The summed E-state index contributed by atoms with van der Waals surface area (Å²) < 4.78 is 5.73. The number of nitrogens with one attached hydrogen (secondary N) is 1. The highest BCUT2D eigenvalue weighted by Crippen LogP contribution is 2.22. The van der Waals surface area contributed by atoms with Crippen LogP contribution in [0.2, 0.25) is 5.02 Å². The first-order valence-electron chi connectivity index (χ1n) is 6.92. The van der Waals surface area contributed by atoms with Gasteiger partial charge in [0.05, 0.1) is 0 Å².